The van der Waals surface area contributed by atoms with E-state index in [9.17, 15) is 4.79 Å². The van der Waals surface area contributed by atoms with E-state index in [2.05, 4.69) is 42.4 Å². The number of fused-ring (bicyclic) bond motifs is 1. The van der Waals surface area contributed by atoms with Crippen molar-refractivity contribution < 1.29 is 4.79 Å². The Bertz CT molecular complexity index is 502. The zero-order valence-electron chi connectivity index (χ0n) is 11.4. The summed E-state index contributed by atoms with van der Waals surface area (Å²) in [5, 5.41) is 6.29. The van der Waals surface area contributed by atoms with E-state index in [4.69, 9.17) is 0 Å². The van der Waals surface area contributed by atoms with Crippen molar-refractivity contribution in [3.63, 3.8) is 0 Å². The van der Waals surface area contributed by atoms with Crippen LogP contribution >= 0.6 is 15.9 Å². The normalized spacial score (nSPS) is 19.6. The second-order valence-corrected chi connectivity index (χ2v) is 6.14. The van der Waals surface area contributed by atoms with Gasteiger partial charge in [0.05, 0.1) is 17.9 Å². The largest absolute Gasteiger partial charge is 0.359 e. The van der Waals surface area contributed by atoms with Gasteiger partial charge in [0.25, 0.3) is 0 Å². The molecule has 1 amide bonds. The molecule has 0 saturated carbocycles. The molecule has 0 aromatic heterocycles. The van der Waals surface area contributed by atoms with Crippen molar-refractivity contribution in [3.05, 3.63) is 22.7 Å². The number of carbonyl (C=O) groups is 1. The minimum absolute atomic E-state index is 0.0696. The lowest BCUT2D eigenvalue weighted by molar-refractivity contribution is -0.115. The summed E-state index contributed by atoms with van der Waals surface area (Å²) in [7, 11) is 0. The van der Waals surface area contributed by atoms with E-state index >= 15 is 0 Å². The summed E-state index contributed by atoms with van der Waals surface area (Å²) in [6.07, 6.45) is 0. The van der Waals surface area contributed by atoms with Crippen molar-refractivity contribution in [2.75, 3.05) is 56.0 Å². The van der Waals surface area contributed by atoms with Gasteiger partial charge in [-0.25, -0.2) is 0 Å². The molecule has 108 valence electrons. The maximum absolute atomic E-state index is 11.8. The third-order valence-electron chi connectivity index (χ3n) is 3.80. The Balaban J connectivity index is 1.69. The molecule has 1 aromatic carbocycles. The highest BCUT2D eigenvalue weighted by Crippen LogP contribution is 2.32. The van der Waals surface area contributed by atoms with Crippen LogP contribution in [-0.4, -0.2) is 56.6 Å². The number of amides is 1. The Labute approximate surface area is 127 Å². The van der Waals surface area contributed by atoms with Crippen molar-refractivity contribution >= 4 is 33.2 Å². The number of nitrogens with zero attached hydrogens (tertiary/aromatic N) is 2. The Morgan fingerprint density at radius 2 is 2.00 bits per heavy atom. The lowest BCUT2D eigenvalue weighted by atomic mass is 10.2. The van der Waals surface area contributed by atoms with Crippen LogP contribution in [0.1, 0.15) is 0 Å². The van der Waals surface area contributed by atoms with Gasteiger partial charge in [0.2, 0.25) is 5.91 Å². The molecule has 2 N–H and O–H groups in total. The molecule has 0 atom stereocenters. The second-order valence-electron chi connectivity index (χ2n) is 5.22. The van der Waals surface area contributed by atoms with Crippen LogP contribution in [0.5, 0.6) is 0 Å². The Morgan fingerprint density at radius 3 is 2.80 bits per heavy atom. The minimum atomic E-state index is 0.0696. The predicted octanol–water partition coefficient (Wildman–Crippen LogP) is 1.11. The number of hydrogen-bond donors (Lipinski definition) is 2. The van der Waals surface area contributed by atoms with Crippen LogP contribution in [-0.2, 0) is 4.79 Å². The quantitative estimate of drug-likeness (QED) is 0.866. The fourth-order valence-electron chi connectivity index (χ4n) is 2.72. The molecule has 3 rings (SSSR count). The molecule has 0 aliphatic carbocycles. The highest BCUT2D eigenvalue weighted by atomic mass is 79.9. The van der Waals surface area contributed by atoms with Gasteiger partial charge in [0.15, 0.2) is 0 Å². The van der Waals surface area contributed by atoms with Gasteiger partial charge in [0.1, 0.15) is 0 Å². The van der Waals surface area contributed by atoms with Crippen LogP contribution in [0.4, 0.5) is 11.4 Å². The molecule has 2 aliphatic heterocycles. The topological polar surface area (TPSA) is 47.6 Å². The first-order valence-corrected chi connectivity index (χ1v) is 7.79. The van der Waals surface area contributed by atoms with Gasteiger partial charge in [-0.05, 0) is 18.2 Å². The smallest absolute Gasteiger partial charge is 0.243 e. The van der Waals surface area contributed by atoms with Gasteiger partial charge < -0.3 is 15.5 Å². The fraction of sp³-hybridized carbons (Fsp3) is 0.500. The highest BCUT2D eigenvalue weighted by molar-refractivity contribution is 9.10. The second kappa shape index (κ2) is 6.11. The summed E-state index contributed by atoms with van der Waals surface area (Å²) in [5.74, 6) is 0.0696. The number of hydrogen-bond acceptors (Lipinski definition) is 4. The average Bonchev–Trinajstić information content (AvgIpc) is 2.46. The molecule has 0 unspecified atom stereocenters. The van der Waals surface area contributed by atoms with Crippen molar-refractivity contribution in [1.29, 1.82) is 0 Å². The maximum Gasteiger partial charge on any atom is 0.243 e. The first kappa shape index (κ1) is 13.9. The van der Waals surface area contributed by atoms with Crippen molar-refractivity contribution in [2.45, 2.75) is 0 Å². The number of anilines is 2. The van der Waals surface area contributed by atoms with E-state index in [1.54, 1.807) is 0 Å². The van der Waals surface area contributed by atoms with E-state index in [1.807, 2.05) is 12.1 Å². The summed E-state index contributed by atoms with van der Waals surface area (Å²) in [6, 6.07) is 5.99. The van der Waals surface area contributed by atoms with Crippen LogP contribution in [0.2, 0.25) is 0 Å². The van der Waals surface area contributed by atoms with Crippen LogP contribution in [0.25, 0.3) is 0 Å². The van der Waals surface area contributed by atoms with E-state index in [0.717, 1.165) is 55.1 Å². The fourth-order valence-corrected chi connectivity index (χ4v) is 3.07. The third kappa shape index (κ3) is 3.13. The summed E-state index contributed by atoms with van der Waals surface area (Å²) < 4.78 is 1.04. The van der Waals surface area contributed by atoms with Gasteiger partial charge >= 0.3 is 0 Å². The van der Waals surface area contributed by atoms with Gasteiger partial charge in [-0.1, -0.05) is 15.9 Å². The van der Waals surface area contributed by atoms with E-state index in [-0.39, 0.29) is 5.91 Å². The number of halogens is 1. The standard InChI is InChI=1S/C14H19BrN4O/c15-11-1-2-12-13(9-11)19(10-14(20)17-12)8-7-18-5-3-16-4-6-18/h1-2,9,16H,3-8,10H2,(H,17,20). The van der Waals surface area contributed by atoms with Gasteiger partial charge in [0, 0.05) is 43.7 Å². The first-order valence-electron chi connectivity index (χ1n) is 7.00. The number of rotatable bonds is 3. The molecule has 1 fully saturated rings. The van der Waals surface area contributed by atoms with E-state index in [0.29, 0.717) is 6.54 Å². The van der Waals surface area contributed by atoms with Gasteiger partial charge in [-0.3, -0.25) is 9.69 Å². The highest BCUT2D eigenvalue weighted by Gasteiger charge is 2.22. The van der Waals surface area contributed by atoms with E-state index in [1.165, 1.54) is 0 Å². The summed E-state index contributed by atoms with van der Waals surface area (Å²) in [4.78, 5) is 16.4. The monoisotopic (exact) mass is 338 g/mol. The molecule has 0 spiro atoms. The molecule has 5 nitrogen and oxygen atoms in total. The maximum atomic E-state index is 11.8. The van der Waals surface area contributed by atoms with Crippen LogP contribution < -0.4 is 15.5 Å². The molecular weight excluding hydrogens is 320 g/mol. The molecule has 1 aromatic rings. The molecule has 6 heteroatoms. The van der Waals surface area contributed by atoms with Crippen LogP contribution in [0.15, 0.2) is 22.7 Å². The summed E-state index contributed by atoms with van der Waals surface area (Å²) >= 11 is 3.50. The van der Waals surface area contributed by atoms with Crippen LogP contribution in [0, 0.1) is 0 Å². The summed E-state index contributed by atoms with van der Waals surface area (Å²) in [6.45, 7) is 6.62. The van der Waals surface area contributed by atoms with Crippen molar-refractivity contribution in [1.82, 2.24) is 10.2 Å². The third-order valence-corrected chi connectivity index (χ3v) is 4.30. The molecule has 1 saturated heterocycles. The number of benzene rings is 1. The molecule has 2 heterocycles. The van der Waals surface area contributed by atoms with Crippen molar-refractivity contribution in [3.8, 4) is 0 Å². The van der Waals surface area contributed by atoms with Crippen molar-refractivity contribution in [2.24, 2.45) is 0 Å². The summed E-state index contributed by atoms with van der Waals surface area (Å²) in [5.41, 5.74) is 2.01. The lowest BCUT2D eigenvalue weighted by Crippen LogP contribution is -2.48. The number of piperazine rings is 1. The van der Waals surface area contributed by atoms with Gasteiger partial charge in [-0.15, -0.1) is 0 Å². The lowest BCUT2D eigenvalue weighted by Gasteiger charge is -2.34. The average molecular weight is 339 g/mol. The molecule has 2 aliphatic rings. The SMILES string of the molecule is O=C1CN(CCN2CCNCC2)c2cc(Br)ccc2N1. The zero-order valence-corrected chi connectivity index (χ0v) is 12.9. The molecule has 0 radical (unpaired) electrons. The number of nitrogens with one attached hydrogen (secondary N) is 2. The first-order chi connectivity index (χ1) is 9.72. The molecular formula is C14H19BrN4O. The zero-order chi connectivity index (χ0) is 13.9. The van der Waals surface area contributed by atoms with Gasteiger partial charge in [-0.2, -0.15) is 0 Å². The van der Waals surface area contributed by atoms with Crippen LogP contribution in [0.3, 0.4) is 0 Å². The predicted molar refractivity (Wildman–Crippen MR) is 84.3 cm³/mol. The number of carbonyl (C=O) groups excluding carboxylic acids is 1. The molecule has 0 bridgehead atoms. The Kier molecular flexibility index (Phi) is 4.24. The Hall–Kier alpha value is -1.11. The Morgan fingerprint density at radius 1 is 1.20 bits per heavy atom. The molecule has 20 heavy (non-hydrogen) atoms. The minimum Gasteiger partial charge on any atom is -0.359 e. The van der Waals surface area contributed by atoms with E-state index < -0.39 is 0 Å².